The van der Waals surface area contributed by atoms with Gasteiger partial charge in [0, 0.05) is 4.88 Å². The molecule has 0 saturated carbocycles. The molecule has 1 unspecified atom stereocenters. The summed E-state index contributed by atoms with van der Waals surface area (Å²) in [7, 11) is 0. The summed E-state index contributed by atoms with van der Waals surface area (Å²) in [5, 5.41) is 5.95. The SMILES string of the molecule is CCCNC(c1ccc(C(C)C)cc1)c1csc(C)c1. The van der Waals surface area contributed by atoms with Gasteiger partial charge in [0.05, 0.1) is 6.04 Å². The van der Waals surface area contributed by atoms with Crippen molar-refractivity contribution < 1.29 is 0 Å². The zero-order valence-electron chi connectivity index (χ0n) is 12.9. The lowest BCUT2D eigenvalue weighted by Gasteiger charge is -2.19. The number of nitrogens with one attached hydrogen (secondary N) is 1. The van der Waals surface area contributed by atoms with Crippen molar-refractivity contribution in [2.45, 2.75) is 46.1 Å². The van der Waals surface area contributed by atoms with E-state index in [0.717, 1.165) is 13.0 Å². The Labute approximate surface area is 127 Å². The summed E-state index contributed by atoms with van der Waals surface area (Å²) in [6.45, 7) is 9.91. The maximum absolute atomic E-state index is 3.67. The molecule has 1 aromatic heterocycles. The van der Waals surface area contributed by atoms with Crippen LogP contribution < -0.4 is 5.32 Å². The summed E-state index contributed by atoms with van der Waals surface area (Å²) >= 11 is 1.83. The van der Waals surface area contributed by atoms with E-state index in [1.165, 1.54) is 21.6 Å². The van der Waals surface area contributed by atoms with Crippen LogP contribution in [0.4, 0.5) is 0 Å². The van der Waals surface area contributed by atoms with Gasteiger partial charge in [-0.1, -0.05) is 45.0 Å². The molecule has 0 fully saturated rings. The molecule has 0 aliphatic heterocycles. The lowest BCUT2D eigenvalue weighted by Crippen LogP contribution is -2.22. The lowest BCUT2D eigenvalue weighted by molar-refractivity contribution is 0.599. The van der Waals surface area contributed by atoms with Crippen molar-refractivity contribution in [2.75, 3.05) is 6.54 Å². The van der Waals surface area contributed by atoms with Gasteiger partial charge in [0.25, 0.3) is 0 Å². The van der Waals surface area contributed by atoms with Crippen LogP contribution in [0.5, 0.6) is 0 Å². The first-order valence-electron chi connectivity index (χ1n) is 7.50. The van der Waals surface area contributed by atoms with Crippen molar-refractivity contribution in [3.63, 3.8) is 0 Å². The first kappa shape index (κ1) is 15.3. The van der Waals surface area contributed by atoms with Gasteiger partial charge in [0.15, 0.2) is 0 Å². The van der Waals surface area contributed by atoms with Gasteiger partial charge >= 0.3 is 0 Å². The molecule has 0 bridgehead atoms. The third-order valence-electron chi connectivity index (χ3n) is 3.62. The number of rotatable bonds is 6. The second-order valence-corrected chi connectivity index (χ2v) is 6.81. The molecule has 20 heavy (non-hydrogen) atoms. The van der Waals surface area contributed by atoms with E-state index in [9.17, 15) is 0 Å². The molecule has 0 aliphatic carbocycles. The van der Waals surface area contributed by atoms with Crippen LogP contribution in [0.2, 0.25) is 0 Å². The number of hydrogen-bond donors (Lipinski definition) is 1. The Morgan fingerprint density at radius 2 is 1.70 bits per heavy atom. The Morgan fingerprint density at radius 1 is 1.05 bits per heavy atom. The van der Waals surface area contributed by atoms with E-state index in [1.807, 2.05) is 11.3 Å². The summed E-state index contributed by atoms with van der Waals surface area (Å²) in [5.74, 6) is 0.592. The number of hydrogen-bond acceptors (Lipinski definition) is 2. The summed E-state index contributed by atoms with van der Waals surface area (Å²) in [6.07, 6.45) is 1.16. The largest absolute Gasteiger partial charge is 0.306 e. The highest BCUT2D eigenvalue weighted by Crippen LogP contribution is 2.27. The van der Waals surface area contributed by atoms with Gasteiger partial charge in [-0.15, -0.1) is 11.3 Å². The second-order valence-electron chi connectivity index (χ2n) is 5.70. The van der Waals surface area contributed by atoms with Crippen molar-refractivity contribution in [3.8, 4) is 0 Å². The Hall–Kier alpha value is -1.12. The van der Waals surface area contributed by atoms with Crippen LogP contribution in [0.25, 0.3) is 0 Å². The summed E-state index contributed by atoms with van der Waals surface area (Å²) in [4.78, 5) is 1.38. The van der Waals surface area contributed by atoms with Gasteiger partial charge in [0.1, 0.15) is 0 Å². The molecular weight excluding hydrogens is 262 g/mol. The topological polar surface area (TPSA) is 12.0 Å². The molecule has 1 aromatic carbocycles. The molecule has 0 saturated heterocycles. The Balaban J connectivity index is 2.26. The normalized spacial score (nSPS) is 12.8. The zero-order valence-corrected chi connectivity index (χ0v) is 13.8. The molecule has 2 heteroatoms. The van der Waals surface area contributed by atoms with Gasteiger partial charge in [-0.2, -0.15) is 0 Å². The molecule has 0 amide bonds. The number of aryl methyl sites for hydroxylation is 1. The molecule has 0 aliphatic rings. The van der Waals surface area contributed by atoms with E-state index in [4.69, 9.17) is 0 Å². The summed E-state index contributed by atoms with van der Waals surface area (Å²) < 4.78 is 0. The third-order valence-corrected chi connectivity index (χ3v) is 4.50. The van der Waals surface area contributed by atoms with Crippen LogP contribution in [0, 0.1) is 6.92 Å². The van der Waals surface area contributed by atoms with E-state index in [2.05, 4.69) is 68.7 Å². The molecule has 2 rings (SSSR count). The lowest BCUT2D eigenvalue weighted by atomic mass is 9.96. The van der Waals surface area contributed by atoms with E-state index in [-0.39, 0.29) is 0 Å². The number of thiophene rings is 1. The molecule has 0 spiro atoms. The van der Waals surface area contributed by atoms with Crippen LogP contribution in [0.1, 0.15) is 60.7 Å². The molecule has 1 atom stereocenters. The van der Waals surface area contributed by atoms with Gasteiger partial charge in [-0.3, -0.25) is 0 Å². The van der Waals surface area contributed by atoms with Crippen molar-refractivity contribution in [1.29, 1.82) is 0 Å². The van der Waals surface area contributed by atoms with Crippen molar-refractivity contribution in [2.24, 2.45) is 0 Å². The predicted molar refractivity (Wildman–Crippen MR) is 89.7 cm³/mol. The van der Waals surface area contributed by atoms with E-state index in [1.54, 1.807) is 0 Å². The van der Waals surface area contributed by atoms with Gasteiger partial charge < -0.3 is 5.32 Å². The fourth-order valence-electron chi connectivity index (χ4n) is 2.41. The molecule has 1 N–H and O–H groups in total. The molecule has 108 valence electrons. The minimum absolute atomic E-state index is 0.320. The molecule has 0 radical (unpaired) electrons. The monoisotopic (exact) mass is 287 g/mol. The van der Waals surface area contributed by atoms with Crippen LogP contribution >= 0.6 is 11.3 Å². The summed E-state index contributed by atoms with van der Waals surface area (Å²) in [6, 6.07) is 11.7. The van der Waals surface area contributed by atoms with Gasteiger partial charge in [0.2, 0.25) is 0 Å². The maximum atomic E-state index is 3.67. The van der Waals surface area contributed by atoms with Crippen molar-refractivity contribution >= 4 is 11.3 Å². The molecule has 2 aromatic rings. The number of benzene rings is 1. The smallest absolute Gasteiger partial charge is 0.0585 e. The minimum atomic E-state index is 0.320. The maximum Gasteiger partial charge on any atom is 0.0585 e. The fraction of sp³-hybridized carbons (Fsp3) is 0.444. The van der Waals surface area contributed by atoms with Crippen LogP contribution in [-0.2, 0) is 0 Å². The van der Waals surface area contributed by atoms with Crippen molar-refractivity contribution in [1.82, 2.24) is 5.32 Å². The van der Waals surface area contributed by atoms with E-state index < -0.39 is 0 Å². The average molecular weight is 287 g/mol. The third kappa shape index (κ3) is 3.71. The Morgan fingerprint density at radius 3 is 2.20 bits per heavy atom. The van der Waals surface area contributed by atoms with Crippen LogP contribution in [-0.4, -0.2) is 6.54 Å². The van der Waals surface area contributed by atoms with E-state index >= 15 is 0 Å². The zero-order chi connectivity index (χ0) is 14.5. The van der Waals surface area contributed by atoms with Gasteiger partial charge in [-0.05, 0) is 53.9 Å². The predicted octanol–water partition coefficient (Wildman–Crippen LogP) is 5.27. The fourth-order valence-corrected chi connectivity index (χ4v) is 3.14. The molecular formula is C18H25NS. The van der Waals surface area contributed by atoms with Crippen LogP contribution in [0.15, 0.2) is 35.7 Å². The highest BCUT2D eigenvalue weighted by Gasteiger charge is 2.14. The quantitative estimate of drug-likeness (QED) is 0.763. The molecule has 1 heterocycles. The molecule has 1 nitrogen and oxygen atoms in total. The first-order valence-corrected chi connectivity index (χ1v) is 8.38. The van der Waals surface area contributed by atoms with Gasteiger partial charge in [-0.25, -0.2) is 0 Å². The highest BCUT2D eigenvalue weighted by molar-refractivity contribution is 7.10. The van der Waals surface area contributed by atoms with E-state index in [0.29, 0.717) is 12.0 Å². The van der Waals surface area contributed by atoms with Crippen molar-refractivity contribution in [3.05, 3.63) is 57.3 Å². The summed E-state index contributed by atoms with van der Waals surface area (Å²) in [5.41, 5.74) is 4.16. The second kappa shape index (κ2) is 7.05. The highest BCUT2D eigenvalue weighted by atomic mass is 32.1. The average Bonchev–Trinajstić information content (AvgIpc) is 2.86. The standard InChI is InChI=1S/C18H25NS/c1-5-10-19-18(17-11-14(4)20-12-17)16-8-6-15(7-9-16)13(2)3/h6-9,11-13,18-19H,5,10H2,1-4H3. The first-order chi connectivity index (χ1) is 9.61. The minimum Gasteiger partial charge on any atom is -0.306 e. The Kier molecular flexibility index (Phi) is 5.38. The Bertz CT molecular complexity index is 525. The van der Waals surface area contributed by atoms with Crippen LogP contribution in [0.3, 0.4) is 0 Å².